The van der Waals surface area contributed by atoms with Gasteiger partial charge in [0.2, 0.25) is 0 Å². The van der Waals surface area contributed by atoms with Gasteiger partial charge in [0.05, 0.1) is 18.3 Å². The fourth-order valence-electron chi connectivity index (χ4n) is 2.71. The summed E-state index contributed by atoms with van der Waals surface area (Å²) in [6, 6.07) is 0. The Balaban J connectivity index is 2.06. The molecule has 1 aromatic heterocycles. The molecule has 0 saturated carbocycles. The Labute approximate surface area is 124 Å². The topological polar surface area (TPSA) is 49.8 Å². The van der Waals surface area contributed by atoms with Crippen molar-refractivity contribution in [3.05, 3.63) is 21.4 Å². The minimum atomic E-state index is -0.636. The molecule has 1 aliphatic carbocycles. The lowest BCUT2D eigenvalue weighted by Gasteiger charge is -2.23. The predicted molar refractivity (Wildman–Crippen MR) is 80.4 cm³/mol. The lowest BCUT2D eigenvalue weighted by atomic mass is 9.88. The summed E-state index contributed by atoms with van der Waals surface area (Å²) in [5.74, 6) is 0.720. The molecule has 5 heteroatoms. The Bertz CT molecular complexity index is 472. The molecular weight excluding hydrogens is 274 g/mol. The van der Waals surface area contributed by atoms with Gasteiger partial charge in [-0.2, -0.15) is 0 Å². The van der Waals surface area contributed by atoms with Crippen LogP contribution in [0, 0.1) is 5.92 Å². The van der Waals surface area contributed by atoms with Crippen LogP contribution in [0.5, 0.6) is 0 Å². The van der Waals surface area contributed by atoms with Crippen LogP contribution in [0.15, 0.2) is 5.38 Å². The number of likely N-dealkylation sites (N-methyl/N-ethyl adjacent to an activating group) is 1. The third-order valence-corrected chi connectivity index (χ3v) is 4.87. The van der Waals surface area contributed by atoms with Crippen LogP contribution < -0.4 is 0 Å². The second kappa shape index (κ2) is 6.70. The number of rotatable bonds is 5. The number of carbonyl (C=O) groups is 1. The van der Waals surface area contributed by atoms with Crippen molar-refractivity contribution in [2.45, 2.75) is 32.3 Å². The van der Waals surface area contributed by atoms with Gasteiger partial charge in [-0.05, 0) is 30.7 Å². The van der Waals surface area contributed by atoms with E-state index >= 15 is 0 Å². The van der Waals surface area contributed by atoms with Gasteiger partial charge in [0.1, 0.15) is 0 Å². The zero-order valence-electron chi connectivity index (χ0n) is 12.4. The molecule has 2 atom stereocenters. The highest BCUT2D eigenvalue weighted by atomic mass is 32.1. The number of aliphatic hydroxyl groups excluding tert-OH is 1. The fraction of sp³-hybridized carbons (Fsp3) is 0.667. The number of aliphatic hydroxyl groups is 1. The molecule has 0 fully saturated rings. The molecule has 0 saturated heterocycles. The molecule has 1 aromatic rings. The van der Waals surface area contributed by atoms with Crippen molar-refractivity contribution >= 4 is 17.2 Å². The monoisotopic (exact) mass is 297 g/mol. The first-order valence-electron chi connectivity index (χ1n) is 7.04. The second-order valence-corrected chi connectivity index (χ2v) is 6.66. The third kappa shape index (κ3) is 3.40. The maximum absolute atomic E-state index is 12.5. The number of carbonyl (C=O) groups excluding carboxylic acids is 1. The van der Waals surface area contributed by atoms with Crippen molar-refractivity contribution in [2.24, 2.45) is 5.92 Å². The average Bonchev–Trinajstić information content (AvgIpc) is 2.80. The molecule has 20 heavy (non-hydrogen) atoms. The molecule has 1 N–H and O–H groups in total. The quantitative estimate of drug-likeness (QED) is 0.904. The Morgan fingerprint density at radius 3 is 3.10 bits per heavy atom. The normalized spacial score (nSPS) is 19.5. The lowest BCUT2D eigenvalue weighted by molar-refractivity contribution is 0.0380. The van der Waals surface area contributed by atoms with E-state index in [-0.39, 0.29) is 12.5 Å². The minimum absolute atomic E-state index is 0.00667. The van der Waals surface area contributed by atoms with Crippen molar-refractivity contribution in [2.75, 3.05) is 27.3 Å². The predicted octanol–water partition coefficient (Wildman–Crippen LogP) is 1.95. The smallest absolute Gasteiger partial charge is 0.254 e. The van der Waals surface area contributed by atoms with Gasteiger partial charge in [-0.3, -0.25) is 4.79 Å². The summed E-state index contributed by atoms with van der Waals surface area (Å²) >= 11 is 1.70. The van der Waals surface area contributed by atoms with Crippen molar-refractivity contribution in [3.63, 3.8) is 0 Å². The van der Waals surface area contributed by atoms with E-state index < -0.39 is 6.10 Å². The van der Waals surface area contributed by atoms with Crippen LogP contribution in [0.1, 0.15) is 34.1 Å². The molecule has 0 spiro atoms. The number of nitrogens with zero attached hydrogens (tertiary/aromatic N) is 1. The molecule has 112 valence electrons. The molecule has 1 aliphatic rings. The summed E-state index contributed by atoms with van der Waals surface area (Å²) in [5, 5.41) is 11.7. The van der Waals surface area contributed by atoms with Crippen LogP contribution in [0.25, 0.3) is 0 Å². The number of hydrogen-bond donors (Lipinski definition) is 1. The first kappa shape index (κ1) is 15.5. The number of amides is 1. The zero-order chi connectivity index (χ0) is 14.7. The molecule has 2 rings (SSSR count). The highest BCUT2D eigenvalue weighted by Crippen LogP contribution is 2.33. The summed E-state index contributed by atoms with van der Waals surface area (Å²) in [6.07, 6.45) is 2.60. The molecule has 0 aliphatic heterocycles. The summed E-state index contributed by atoms with van der Waals surface area (Å²) in [7, 11) is 3.28. The molecular formula is C15H23NO3S. The van der Waals surface area contributed by atoms with Gasteiger partial charge in [0.25, 0.3) is 5.91 Å². The molecule has 1 heterocycles. The van der Waals surface area contributed by atoms with E-state index in [1.807, 2.05) is 5.38 Å². The summed E-state index contributed by atoms with van der Waals surface area (Å²) in [4.78, 5) is 15.4. The largest absolute Gasteiger partial charge is 0.389 e. The number of thiophene rings is 1. The van der Waals surface area contributed by atoms with Gasteiger partial charge in [0.15, 0.2) is 0 Å². The summed E-state index contributed by atoms with van der Waals surface area (Å²) < 4.78 is 4.89. The Morgan fingerprint density at radius 2 is 2.40 bits per heavy atom. The Kier molecular flexibility index (Phi) is 5.18. The van der Waals surface area contributed by atoms with Crippen molar-refractivity contribution < 1.29 is 14.6 Å². The average molecular weight is 297 g/mol. The van der Waals surface area contributed by atoms with E-state index in [1.165, 1.54) is 10.4 Å². The molecule has 4 nitrogen and oxygen atoms in total. The SMILES string of the molecule is COCC(O)CN(C)C(=O)c1csc2c1CCC(C)C2. The number of methoxy groups -OCH3 is 1. The van der Waals surface area contributed by atoms with Crippen LogP contribution in [-0.4, -0.2) is 49.3 Å². The van der Waals surface area contributed by atoms with Crippen LogP contribution >= 0.6 is 11.3 Å². The van der Waals surface area contributed by atoms with Gasteiger partial charge in [-0.1, -0.05) is 6.92 Å². The molecule has 0 aromatic carbocycles. The Morgan fingerprint density at radius 1 is 1.65 bits per heavy atom. The lowest BCUT2D eigenvalue weighted by Crippen LogP contribution is -2.36. The van der Waals surface area contributed by atoms with E-state index in [0.29, 0.717) is 12.5 Å². The van der Waals surface area contributed by atoms with Gasteiger partial charge in [-0.15, -0.1) is 11.3 Å². The van der Waals surface area contributed by atoms with Crippen LogP contribution in [0.4, 0.5) is 0 Å². The Hall–Kier alpha value is -0.910. The van der Waals surface area contributed by atoms with Crippen molar-refractivity contribution in [1.82, 2.24) is 4.90 Å². The maximum Gasteiger partial charge on any atom is 0.254 e. The summed E-state index contributed by atoms with van der Waals surface area (Å²) in [5.41, 5.74) is 2.05. The van der Waals surface area contributed by atoms with Gasteiger partial charge in [0, 0.05) is 31.0 Å². The standard InChI is InChI=1S/C15H23NO3S/c1-10-4-5-12-13(9-20-14(12)6-10)15(18)16(2)7-11(17)8-19-3/h9-11,17H,4-8H2,1-3H3. The number of ether oxygens (including phenoxy) is 1. The fourth-order valence-corrected chi connectivity index (χ4v) is 3.94. The minimum Gasteiger partial charge on any atom is -0.389 e. The van der Waals surface area contributed by atoms with E-state index in [9.17, 15) is 9.90 Å². The molecule has 0 radical (unpaired) electrons. The van der Waals surface area contributed by atoms with Crippen molar-refractivity contribution in [3.8, 4) is 0 Å². The number of hydrogen-bond acceptors (Lipinski definition) is 4. The van der Waals surface area contributed by atoms with Crippen molar-refractivity contribution in [1.29, 1.82) is 0 Å². The van der Waals surface area contributed by atoms with Crippen LogP contribution in [-0.2, 0) is 17.6 Å². The third-order valence-electron chi connectivity index (χ3n) is 3.82. The van der Waals surface area contributed by atoms with Crippen LogP contribution in [0.3, 0.4) is 0 Å². The highest BCUT2D eigenvalue weighted by Gasteiger charge is 2.25. The summed E-state index contributed by atoms with van der Waals surface area (Å²) in [6.45, 7) is 2.81. The highest BCUT2D eigenvalue weighted by molar-refractivity contribution is 7.10. The number of fused-ring (bicyclic) bond motifs is 1. The first-order valence-corrected chi connectivity index (χ1v) is 7.92. The van der Waals surface area contributed by atoms with E-state index in [2.05, 4.69) is 6.92 Å². The maximum atomic E-state index is 12.5. The van der Waals surface area contributed by atoms with Crippen LogP contribution in [0.2, 0.25) is 0 Å². The van der Waals surface area contributed by atoms with Gasteiger partial charge >= 0.3 is 0 Å². The zero-order valence-corrected chi connectivity index (χ0v) is 13.2. The second-order valence-electron chi connectivity index (χ2n) is 5.69. The van der Waals surface area contributed by atoms with Gasteiger partial charge in [-0.25, -0.2) is 0 Å². The molecule has 2 unspecified atom stereocenters. The van der Waals surface area contributed by atoms with E-state index in [4.69, 9.17) is 4.74 Å². The van der Waals surface area contributed by atoms with E-state index in [0.717, 1.165) is 24.8 Å². The first-order chi connectivity index (χ1) is 9.52. The molecule has 1 amide bonds. The van der Waals surface area contributed by atoms with E-state index in [1.54, 1.807) is 30.4 Å². The molecule has 0 bridgehead atoms. The van der Waals surface area contributed by atoms with Gasteiger partial charge < -0.3 is 14.7 Å².